The lowest BCUT2D eigenvalue weighted by Crippen LogP contribution is -2.11. The lowest BCUT2D eigenvalue weighted by Gasteiger charge is -2.08. The molecule has 128 valence electrons. The van der Waals surface area contributed by atoms with Crippen LogP contribution in [-0.2, 0) is 0 Å². The minimum Gasteiger partial charge on any atom is -0.451 e. The lowest BCUT2D eigenvalue weighted by atomic mass is 10.1. The molecule has 0 atom stereocenters. The molecule has 0 aliphatic rings. The number of hydrogen-bond donors (Lipinski definition) is 1. The molecular weight excluding hydrogens is 472 g/mol. The fourth-order valence-electron chi connectivity index (χ4n) is 2.48. The van der Waals surface area contributed by atoms with Crippen LogP contribution in [0, 0.1) is 17.4 Å². The molecule has 1 aromatic heterocycles. The number of hydrogen-bond acceptors (Lipinski definition) is 2. The Morgan fingerprint density at radius 3 is 2.32 bits per heavy atom. The summed E-state index contributed by atoms with van der Waals surface area (Å²) in [7, 11) is 0. The first-order valence-electron chi connectivity index (χ1n) is 7.48. The van der Waals surface area contributed by atoms with Crippen molar-refractivity contribution in [1.29, 1.82) is 0 Å². The SMILES string of the molecule is Cc1cc(NC(=O)c2ccc(-c3ccc(Cl)c(Cl)c3)o2)cc(C)c1I. The Bertz CT molecular complexity index is 943. The van der Waals surface area contributed by atoms with Crippen LogP contribution in [0.3, 0.4) is 0 Å². The molecule has 0 radical (unpaired) electrons. The Balaban J connectivity index is 1.82. The van der Waals surface area contributed by atoms with Gasteiger partial charge in [-0.3, -0.25) is 4.79 Å². The first-order valence-corrected chi connectivity index (χ1v) is 9.32. The van der Waals surface area contributed by atoms with Crippen molar-refractivity contribution in [2.45, 2.75) is 13.8 Å². The average molecular weight is 486 g/mol. The van der Waals surface area contributed by atoms with Crippen LogP contribution < -0.4 is 5.32 Å². The Hall–Kier alpha value is -1.50. The number of furan rings is 1. The van der Waals surface area contributed by atoms with E-state index in [9.17, 15) is 4.79 Å². The van der Waals surface area contributed by atoms with Crippen molar-refractivity contribution in [3.63, 3.8) is 0 Å². The highest BCUT2D eigenvalue weighted by molar-refractivity contribution is 14.1. The van der Waals surface area contributed by atoms with Crippen molar-refractivity contribution in [3.8, 4) is 11.3 Å². The van der Waals surface area contributed by atoms with Crippen molar-refractivity contribution in [2.75, 3.05) is 5.32 Å². The molecule has 0 saturated carbocycles. The molecule has 3 nitrogen and oxygen atoms in total. The summed E-state index contributed by atoms with van der Waals surface area (Å²) in [5, 5.41) is 3.78. The van der Waals surface area contributed by atoms with Gasteiger partial charge in [0.2, 0.25) is 0 Å². The zero-order valence-electron chi connectivity index (χ0n) is 13.5. The second-order valence-corrected chi connectivity index (χ2v) is 7.56. The van der Waals surface area contributed by atoms with Gasteiger partial charge in [0, 0.05) is 14.8 Å². The van der Waals surface area contributed by atoms with Gasteiger partial charge in [-0.2, -0.15) is 0 Å². The van der Waals surface area contributed by atoms with Crippen molar-refractivity contribution in [2.24, 2.45) is 0 Å². The fraction of sp³-hybridized carbons (Fsp3) is 0.105. The van der Waals surface area contributed by atoms with E-state index < -0.39 is 0 Å². The summed E-state index contributed by atoms with van der Waals surface area (Å²) in [6, 6.07) is 12.4. The van der Waals surface area contributed by atoms with E-state index in [1.165, 1.54) is 3.57 Å². The highest BCUT2D eigenvalue weighted by Crippen LogP contribution is 2.30. The van der Waals surface area contributed by atoms with Gasteiger partial charge in [-0.1, -0.05) is 23.2 Å². The van der Waals surface area contributed by atoms with Crippen molar-refractivity contribution in [3.05, 3.63) is 73.0 Å². The van der Waals surface area contributed by atoms with Crippen LogP contribution in [0.4, 0.5) is 5.69 Å². The smallest absolute Gasteiger partial charge is 0.291 e. The van der Waals surface area contributed by atoms with Gasteiger partial charge >= 0.3 is 0 Å². The summed E-state index contributed by atoms with van der Waals surface area (Å²) in [5.41, 5.74) is 3.74. The highest BCUT2D eigenvalue weighted by Gasteiger charge is 2.14. The Kier molecular flexibility index (Phi) is 5.41. The number of benzene rings is 2. The van der Waals surface area contributed by atoms with E-state index in [1.54, 1.807) is 30.3 Å². The maximum Gasteiger partial charge on any atom is 0.291 e. The van der Waals surface area contributed by atoms with Gasteiger partial charge in [0.05, 0.1) is 10.0 Å². The zero-order valence-corrected chi connectivity index (χ0v) is 17.2. The maximum absolute atomic E-state index is 12.4. The summed E-state index contributed by atoms with van der Waals surface area (Å²) in [4.78, 5) is 12.4. The number of carbonyl (C=O) groups is 1. The predicted molar refractivity (Wildman–Crippen MR) is 111 cm³/mol. The normalized spacial score (nSPS) is 10.8. The van der Waals surface area contributed by atoms with Gasteiger partial charge in [-0.25, -0.2) is 0 Å². The number of halogens is 3. The number of carbonyl (C=O) groups excluding carboxylic acids is 1. The van der Waals surface area contributed by atoms with Crippen LogP contribution in [0.15, 0.2) is 46.9 Å². The molecule has 0 fully saturated rings. The largest absolute Gasteiger partial charge is 0.451 e. The lowest BCUT2D eigenvalue weighted by molar-refractivity contribution is 0.0997. The monoisotopic (exact) mass is 485 g/mol. The van der Waals surface area contributed by atoms with Gasteiger partial charge in [0.25, 0.3) is 5.91 Å². The average Bonchev–Trinajstić information content (AvgIpc) is 3.05. The topological polar surface area (TPSA) is 42.2 Å². The van der Waals surface area contributed by atoms with Gasteiger partial charge in [-0.15, -0.1) is 0 Å². The third kappa shape index (κ3) is 4.02. The maximum atomic E-state index is 12.4. The van der Waals surface area contributed by atoms with Crippen molar-refractivity contribution >= 4 is 57.4 Å². The summed E-state index contributed by atoms with van der Waals surface area (Å²) in [6.45, 7) is 4.03. The number of amides is 1. The first kappa shape index (κ1) is 18.3. The van der Waals surface area contributed by atoms with Crippen LogP contribution in [0.1, 0.15) is 21.7 Å². The third-order valence-electron chi connectivity index (χ3n) is 3.73. The van der Waals surface area contributed by atoms with Crippen LogP contribution in [-0.4, -0.2) is 5.91 Å². The second-order valence-electron chi connectivity index (χ2n) is 5.67. The number of rotatable bonds is 3. The number of nitrogens with one attached hydrogen (secondary N) is 1. The predicted octanol–water partition coefficient (Wildman–Crippen LogP) is 6.73. The van der Waals surface area contributed by atoms with Crippen molar-refractivity contribution < 1.29 is 9.21 Å². The minimum absolute atomic E-state index is 0.231. The molecule has 1 heterocycles. The third-order valence-corrected chi connectivity index (χ3v) is 6.17. The van der Waals surface area contributed by atoms with Gasteiger partial charge in [0.1, 0.15) is 5.76 Å². The summed E-state index contributed by atoms with van der Waals surface area (Å²) < 4.78 is 6.86. The van der Waals surface area contributed by atoms with E-state index in [0.717, 1.165) is 22.4 Å². The van der Waals surface area contributed by atoms with E-state index >= 15 is 0 Å². The van der Waals surface area contributed by atoms with Gasteiger partial charge in [-0.05, 0) is 90.0 Å². The molecule has 6 heteroatoms. The Labute approximate surface area is 169 Å². The molecule has 0 aliphatic heterocycles. The van der Waals surface area contributed by atoms with Gasteiger partial charge in [0.15, 0.2) is 5.76 Å². The standard InChI is InChI=1S/C19H14Cl2INO2/c1-10-7-13(8-11(2)18(10)22)23-19(24)17-6-5-16(25-17)12-3-4-14(20)15(21)9-12/h3-9H,1-2H3,(H,23,24). The van der Waals surface area contributed by atoms with Crippen molar-refractivity contribution in [1.82, 2.24) is 0 Å². The molecule has 0 saturated heterocycles. The molecule has 1 N–H and O–H groups in total. The summed E-state index contributed by atoms with van der Waals surface area (Å²) >= 11 is 14.2. The van der Waals surface area contributed by atoms with Crippen LogP contribution in [0.5, 0.6) is 0 Å². The fourth-order valence-corrected chi connectivity index (χ4v) is 3.08. The van der Waals surface area contributed by atoms with Gasteiger partial charge < -0.3 is 9.73 Å². The van der Waals surface area contributed by atoms with E-state index in [2.05, 4.69) is 27.9 Å². The number of anilines is 1. The summed E-state index contributed by atoms with van der Waals surface area (Å²) in [5.74, 6) is 0.486. The molecular formula is C19H14Cl2INO2. The Morgan fingerprint density at radius 1 is 1.00 bits per heavy atom. The first-order chi connectivity index (χ1) is 11.8. The van der Waals surface area contributed by atoms with Crippen LogP contribution in [0.2, 0.25) is 10.0 Å². The minimum atomic E-state index is -0.300. The van der Waals surface area contributed by atoms with E-state index in [-0.39, 0.29) is 11.7 Å². The second kappa shape index (κ2) is 7.40. The molecule has 0 unspecified atom stereocenters. The van der Waals surface area contributed by atoms with E-state index in [1.807, 2.05) is 26.0 Å². The quantitative estimate of drug-likeness (QED) is 0.418. The highest BCUT2D eigenvalue weighted by atomic mass is 127. The molecule has 25 heavy (non-hydrogen) atoms. The zero-order chi connectivity index (χ0) is 18.1. The molecule has 1 amide bonds. The molecule has 3 aromatic rings. The molecule has 3 rings (SSSR count). The molecule has 0 bridgehead atoms. The van der Waals surface area contributed by atoms with E-state index in [0.29, 0.717) is 15.8 Å². The Morgan fingerprint density at radius 2 is 1.68 bits per heavy atom. The summed E-state index contributed by atoms with van der Waals surface area (Å²) in [6.07, 6.45) is 0. The molecule has 2 aromatic carbocycles. The molecule has 0 aliphatic carbocycles. The van der Waals surface area contributed by atoms with Crippen LogP contribution >= 0.6 is 45.8 Å². The number of aryl methyl sites for hydroxylation is 2. The van der Waals surface area contributed by atoms with Crippen LogP contribution in [0.25, 0.3) is 11.3 Å². The molecule has 0 spiro atoms. The van der Waals surface area contributed by atoms with E-state index in [4.69, 9.17) is 27.6 Å².